The summed E-state index contributed by atoms with van der Waals surface area (Å²) in [5.74, 6) is 0.953. The smallest absolute Gasteiger partial charge is 0.325 e. The Hall–Kier alpha value is -4.14. The van der Waals surface area contributed by atoms with E-state index in [0.29, 0.717) is 18.0 Å². The van der Waals surface area contributed by atoms with E-state index in [9.17, 15) is 9.59 Å². The van der Waals surface area contributed by atoms with Crippen molar-refractivity contribution in [2.45, 2.75) is 19.0 Å². The number of aromatic nitrogens is 3. The number of ether oxygens (including phenoxy) is 1. The van der Waals surface area contributed by atoms with Crippen LogP contribution in [0.4, 0.5) is 4.79 Å². The van der Waals surface area contributed by atoms with Crippen molar-refractivity contribution in [2.24, 2.45) is 0 Å². The van der Waals surface area contributed by atoms with Crippen molar-refractivity contribution in [1.29, 1.82) is 0 Å². The summed E-state index contributed by atoms with van der Waals surface area (Å²) in [6.07, 6.45) is 2.26. The highest BCUT2D eigenvalue weighted by Crippen LogP contribution is 2.23. The molecule has 2 aromatic carbocycles. The third-order valence-corrected chi connectivity index (χ3v) is 5.32. The topological polar surface area (TPSA) is 113 Å². The summed E-state index contributed by atoms with van der Waals surface area (Å²) in [6, 6.07) is 13.9. The van der Waals surface area contributed by atoms with Gasteiger partial charge in [0.1, 0.15) is 18.3 Å². The number of H-pyrrole nitrogens is 1. The fraction of sp³-hybridized carbons (Fsp3) is 0.182. The van der Waals surface area contributed by atoms with Crippen molar-refractivity contribution in [1.82, 2.24) is 25.3 Å². The van der Waals surface area contributed by atoms with E-state index in [1.165, 1.54) is 0 Å². The molecular weight excluding hydrogens is 398 g/mol. The molecule has 1 aliphatic heterocycles. The number of rotatable bonds is 6. The molecule has 31 heavy (non-hydrogen) atoms. The number of hydrogen-bond donors (Lipinski definition) is 2. The minimum absolute atomic E-state index is 0.0851. The first-order chi connectivity index (χ1) is 15.1. The predicted molar refractivity (Wildman–Crippen MR) is 111 cm³/mol. The molecule has 1 atom stereocenters. The summed E-state index contributed by atoms with van der Waals surface area (Å²) in [6.45, 7) is -0.0851. The number of nitrogens with one attached hydrogen (secondary N) is 2. The van der Waals surface area contributed by atoms with Crippen LogP contribution in [-0.4, -0.2) is 45.1 Å². The molecule has 3 amide bonds. The monoisotopic (exact) mass is 417 g/mol. The Balaban J connectivity index is 1.29. The van der Waals surface area contributed by atoms with E-state index in [-0.39, 0.29) is 18.3 Å². The Bertz CT molecular complexity index is 1260. The lowest BCUT2D eigenvalue weighted by Gasteiger charge is -2.10. The third kappa shape index (κ3) is 3.50. The predicted octanol–water partition coefficient (Wildman–Crippen LogP) is 2.89. The molecule has 1 saturated heterocycles. The average molecular weight is 417 g/mol. The molecule has 0 radical (unpaired) electrons. The van der Waals surface area contributed by atoms with Gasteiger partial charge in [-0.3, -0.25) is 9.69 Å². The molecule has 0 aliphatic carbocycles. The van der Waals surface area contributed by atoms with Crippen LogP contribution in [0.5, 0.6) is 5.75 Å². The summed E-state index contributed by atoms with van der Waals surface area (Å²) in [5.41, 5.74) is 2.70. The fourth-order valence-electron chi connectivity index (χ4n) is 3.70. The van der Waals surface area contributed by atoms with Crippen molar-refractivity contribution in [2.75, 3.05) is 7.11 Å². The zero-order valence-electron chi connectivity index (χ0n) is 16.7. The van der Waals surface area contributed by atoms with Gasteiger partial charge in [-0.2, -0.15) is 4.98 Å². The van der Waals surface area contributed by atoms with Gasteiger partial charge in [-0.1, -0.05) is 23.4 Å². The number of fused-ring (bicyclic) bond motifs is 1. The first-order valence-corrected chi connectivity index (χ1v) is 9.76. The maximum absolute atomic E-state index is 12.9. The van der Waals surface area contributed by atoms with Crippen molar-refractivity contribution in [3.05, 3.63) is 66.2 Å². The Morgan fingerprint density at radius 2 is 1.94 bits per heavy atom. The molecule has 2 aromatic heterocycles. The van der Waals surface area contributed by atoms with Crippen LogP contribution in [0.1, 0.15) is 11.5 Å². The van der Waals surface area contributed by atoms with E-state index in [2.05, 4.69) is 20.4 Å². The molecule has 1 aliphatic rings. The second-order valence-corrected chi connectivity index (χ2v) is 7.23. The molecule has 5 rings (SSSR count). The highest BCUT2D eigenvalue weighted by Gasteiger charge is 2.39. The number of para-hydroxylation sites is 1. The number of imide groups is 1. The second-order valence-electron chi connectivity index (χ2n) is 7.23. The molecular formula is C22H19N5O4. The lowest BCUT2D eigenvalue weighted by Crippen LogP contribution is -2.32. The van der Waals surface area contributed by atoms with Gasteiger partial charge in [0.2, 0.25) is 11.7 Å². The number of methoxy groups -OCH3 is 1. The number of amides is 3. The molecule has 4 aromatic rings. The van der Waals surface area contributed by atoms with Gasteiger partial charge < -0.3 is 19.6 Å². The van der Waals surface area contributed by atoms with E-state index in [4.69, 9.17) is 9.26 Å². The van der Waals surface area contributed by atoms with Gasteiger partial charge in [-0.05, 0) is 35.9 Å². The van der Waals surface area contributed by atoms with Gasteiger partial charge in [0.05, 0.1) is 7.11 Å². The zero-order valence-corrected chi connectivity index (χ0v) is 16.7. The first kappa shape index (κ1) is 18.9. The summed E-state index contributed by atoms with van der Waals surface area (Å²) < 4.78 is 10.4. The Labute approximate surface area is 177 Å². The summed E-state index contributed by atoms with van der Waals surface area (Å²) in [4.78, 5) is 33.9. The first-order valence-electron chi connectivity index (χ1n) is 9.76. The second kappa shape index (κ2) is 7.60. The molecule has 0 bridgehead atoms. The average Bonchev–Trinajstić information content (AvgIpc) is 3.50. The molecule has 1 fully saturated rings. The van der Waals surface area contributed by atoms with Gasteiger partial charge in [0, 0.05) is 29.1 Å². The molecule has 9 nitrogen and oxygen atoms in total. The van der Waals surface area contributed by atoms with Crippen molar-refractivity contribution < 1.29 is 18.8 Å². The zero-order chi connectivity index (χ0) is 21.4. The number of aromatic amines is 1. The van der Waals surface area contributed by atoms with Crippen molar-refractivity contribution in [3.63, 3.8) is 0 Å². The van der Waals surface area contributed by atoms with Crippen LogP contribution in [0.15, 0.2) is 59.3 Å². The number of carbonyl (C=O) groups excluding carboxylic acids is 2. The summed E-state index contributed by atoms with van der Waals surface area (Å²) >= 11 is 0. The van der Waals surface area contributed by atoms with Gasteiger partial charge >= 0.3 is 6.03 Å². The molecule has 0 spiro atoms. The van der Waals surface area contributed by atoms with E-state index in [1.54, 1.807) is 31.4 Å². The van der Waals surface area contributed by atoms with Gasteiger partial charge in [-0.15, -0.1) is 0 Å². The number of benzene rings is 2. The van der Waals surface area contributed by atoms with Crippen molar-refractivity contribution >= 4 is 22.8 Å². The van der Waals surface area contributed by atoms with E-state index >= 15 is 0 Å². The van der Waals surface area contributed by atoms with E-state index in [1.807, 2.05) is 30.5 Å². The van der Waals surface area contributed by atoms with Crippen LogP contribution in [0.2, 0.25) is 0 Å². The highest BCUT2D eigenvalue weighted by atomic mass is 16.5. The van der Waals surface area contributed by atoms with Crippen LogP contribution in [-0.2, 0) is 17.8 Å². The van der Waals surface area contributed by atoms with Crippen molar-refractivity contribution in [3.8, 4) is 17.1 Å². The van der Waals surface area contributed by atoms with E-state index < -0.39 is 12.1 Å². The summed E-state index contributed by atoms with van der Waals surface area (Å²) in [5, 5.41) is 7.73. The van der Waals surface area contributed by atoms with Gasteiger partial charge in [-0.25, -0.2) is 4.79 Å². The molecule has 0 unspecified atom stereocenters. The number of nitrogens with zero attached hydrogens (tertiary/aromatic N) is 3. The summed E-state index contributed by atoms with van der Waals surface area (Å²) in [7, 11) is 1.59. The number of hydrogen-bond acceptors (Lipinski definition) is 6. The van der Waals surface area contributed by atoms with Crippen LogP contribution in [0.3, 0.4) is 0 Å². The molecule has 9 heteroatoms. The van der Waals surface area contributed by atoms with Gasteiger partial charge in [0.25, 0.3) is 5.91 Å². The molecule has 0 saturated carbocycles. The lowest BCUT2D eigenvalue weighted by molar-refractivity contribution is -0.128. The largest absolute Gasteiger partial charge is 0.497 e. The van der Waals surface area contributed by atoms with Crippen LogP contribution < -0.4 is 10.1 Å². The van der Waals surface area contributed by atoms with Gasteiger partial charge in [0.15, 0.2) is 0 Å². The number of urea groups is 1. The highest BCUT2D eigenvalue weighted by molar-refractivity contribution is 6.04. The SMILES string of the molecule is COc1ccc(-c2noc(CN3C(=O)N[C@@H](Cc4c[nH]c5ccccc45)C3=O)n2)cc1. The fourth-order valence-corrected chi connectivity index (χ4v) is 3.70. The Morgan fingerprint density at radius 1 is 1.13 bits per heavy atom. The standard InChI is InChI=1S/C22H19N5O4/c1-30-15-8-6-13(7-9-15)20-25-19(31-26-20)12-27-21(28)18(24-22(27)29)10-14-11-23-17-5-3-2-4-16(14)17/h2-9,11,18,23H,10,12H2,1H3,(H,24,29)/t18-/m0/s1. The molecule has 3 heterocycles. The Kier molecular flexibility index (Phi) is 4.62. The maximum Gasteiger partial charge on any atom is 0.325 e. The molecule has 156 valence electrons. The quantitative estimate of drug-likeness (QED) is 0.467. The maximum atomic E-state index is 12.9. The molecule has 2 N–H and O–H groups in total. The lowest BCUT2D eigenvalue weighted by atomic mass is 10.1. The van der Waals surface area contributed by atoms with E-state index in [0.717, 1.165) is 26.9 Å². The van der Waals surface area contributed by atoms with Crippen LogP contribution in [0, 0.1) is 0 Å². The minimum Gasteiger partial charge on any atom is -0.497 e. The van der Waals surface area contributed by atoms with Crippen LogP contribution in [0.25, 0.3) is 22.3 Å². The minimum atomic E-state index is -0.643. The van der Waals surface area contributed by atoms with Crippen LogP contribution >= 0.6 is 0 Å². The third-order valence-electron chi connectivity index (χ3n) is 5.32. The Morgan fingerprint density at radius 3 is 2.74 bits per heavy atom. The normalized spacial score (nSPS) is 16.2. The number of carbonyl (C=O) groups is 2.